The van der Waals surface area contributed by atoms with E-state index in [4.69, 9.17) is 4.98 Å². The molecule has 0 amide bonds. The normalized spacial score (nSPS) is 11.5. The molecule has 0 aliphatic carbocycles. The highest BCUT2D eigenvalue weighted by Gasteiger charge is 2.20. The molecule has 0 fully saturated rings. The van der Waals surface area contributed by atoms with E-state index < -0.39 is 0 Å². The molecule has 4 heteroatoms. The van der Waals surface area contributed by atoms with Crippen LogP contribution in [-0.2, 0) is 0 Å². The topological polar surface area (TPSA) is 34.4 Å². The van der Waals surface area contributed by atoms with Crippen LogP contribution < -0.4 is 0 Å². The van der Waals surface area contributed by atoms with Crippen molar-refractivity contribution in [2.75, 3.05) is 0 Å². The number of para-hydroxylation sites is 1. The summed E-state index contributed by atoms with van der Waals surface area (Å²) >= 11 is 0. The molecule has 0 spiro atoms. The van der Waals surface area contributed by atoms with Gasteiger partial charge in [-0.3, -0.25) is 4.79 Å². The van der Waals surface area contributed by atoms with Gasteiger partial charge in [0.2, 0.25) is 5.78 Å². The Morgan fingerprint density at radius 1 is 0.903 bits per heavy atom. The van der Waals surface area contributed by atoms with Gasteiger partial charge in [0.05, 0.1) is 22.4 Å². The molecule has 0 aliphatic rings. The molecule has 0 unspecified atom stereocenters. The molecule has 3 heterocycles. The van der Waals surface area contributed by atoms with Crippen LogP contribution in [-0.4, -0.2) is 15.2 Å². The van der Waals surface area contributed by atoms with E-state index in [0.717, 1.165) is 33.2 Å². The van der Waals surface area contributed by atoms with E-state index in [1.807, 2.05) is 78.2 Å². The second-order valence-corrected chi connectivity index (χ2v) is 7.44. The SMILES string of the molecule is Cc1c(/C=C/c2ccc3ccccc3n2)c2ccccn2c1C(=O)c1ccc(F)cc1. The number of aromatic nitrogens is 2. The van der Waals surface area contributed by atoms with Gasteiger partial charge in [-0.05, 0) is 67.1 Å². The van der Waals surface area contributed by atoms with E-state index in [2.05, 4.69) is 6.07 Å². The third kappa shape index (κ3) is 3.42. The second kappa shape index (κ2) is 7.65. The van der Waals surface area contributed by atoms with Crippen LogP contribution in [0.5, 0.6) is 0 Å². The van der Waals surface area contributed by atoms with Gasteiger partial charge in [-0.25, -0.2) is 9.37 Å². The molecular formula is C27H19FN2O. The minimum Gasteiger partial charge on any atom is -0.313 e. The third-order valence-electron chi connectivity index (χ3n) is 5.50. The van der Waals surface area contributed by atoms with Crippen LogP contribution in [0.2, 0.25) is 0 Å². The number of hydrogen-bond donors (Lipinski definition) is 0. The van der Waals surface area contributed by atoms with E-state index in [0.29, 0.717) is 11.3 Å². The molecule has 0 bridgehead atoms. The fourth-order valence-corrected chi connectivity index (χ4v) is 3.93. The summed E-state index contributed by atoms with van der Waals surface area (Å²) in [7, 11) is 0. The zero-order valence-corrected chi connectivity index (χ0v) is 16.9. The van der Waals surface area contributed by atoms with Gasteiger partial charge in [0.1, 0.15) is 5.82 Å². The van der Waals surface area contributed by atoms with Gasteiger partial charge in [0.15, 0.2) is 0 Å². The first-order valence-electron chi connectivity index (χ1n) is 10.1. The molecule has 0 atom stereocenters. The molecule has 0 saturated heterocycles. The molecule has 0 saturated carbocycles. The Bertz CT molecular complexity index is 1460. The van der Waals surface area contributed by atoms with Gasteiger partial charge < -0.3 is 4.40 Å². The Hall–Kier alpha value is -4.05. The molecule has 0 aliphatic heterocycles. The lowest BCUT2D eigenvalue weighted by molar-refractivity contribution is 0.103. The maximum absolute atomic E-state index is 13.3. The maximum atomic E-state index is 13.3. The minimum atomic E-state index is -0.361. The number of carbonyl (C=O) groups excluding carboxylic acids is 1. The molecule has 3 aromatic heterocycles. The Kier molecular flexibility index (Phi) is 4.68. The summed E-state index contributed by atoms with van der Waals surface area (Å²) in [5.74, 6) is -0.498. The van der Waals surface area contributed by atoms with Crippen molar-refractivity contribution in [2.45, 2.75) is 6.92 Å². The average molecular weight is 406 g/mol. The lowest BCUT2D eigenvalue weighted by Gasteiger charge is -2.04. The first-order chi connectivity index (χ1) is 15.1. The lowest BCUT2D eigenvalue weighted by Crippen LogP contribution is -2.06. The van der Waals surface area contributed by atoms with Crippen molar-refractivity contribution in [3.05, 3.63) is 119 Å². The molecule has 31 heavy (non-hydrogen) atoms. The smallest absolute Gasteiger partial charge is 0.210 e. The number of carbonyl (C=O) groups is 1. The van der Waals surface area contributed by atoms with E-state index in [9.17, 15) is 9.18 Å². The van der Waals surface area contributed by atoms with Gasteiger partial charge in [-0.15, -0.1) is 0 Å². The molecule has 0 N–H and O–H groups in total. The molecule has 5 aromatic rings. The van der Waals surface area contributed by atoms with E-state index in [1.54, 1.807) is 0 Å². The van der Waals surface area contributed by atoms with Gasteiger partial charge in [0.25, 0.3) is 0 Å². The summed E-state index contributed by atoms with van der Waals surface area (Å²) < 4.78 is 15.2. The monoisotopic (exact) mass is 406 g/mol. The highest BCUT2D eigenvalue weighted by atomic mass is 19.1. The van der Waals surface area contributed by atoms with Crippen molar-refractivity contribution in [1.82, 2.24) is 9.38 Å². The van der Waals surface area contributed by atoms with Gasteiger partial charge in [-0.1, -0.05) is 36.4 Å². The Balaban J connectivity index is 1.60. The number of ketones is 1. The third-order valence-corrected chi connectivity index (χ3v) is 5.50. The highest BCUT2D eigenvalue weighted by Crippen LogP contribution is 2.27. The number of nitrogens with zero attached hydrogens (tertiary/aromatic N) is 2. The molecular weight excluding hydrogens is 387 g/mol. The van der Waals surface area contributed by atoms with Crippen LogP contribution in [0, 0.1) is 12.7 Å². The molecule has 3 nitrogen and oxygen atoms in total. The number of fused-ring (bicyclic) bond motifs is 2. The minimum absolute atomic E-state index is 0.137. The fraction of sp³-hybridized carbons (Fsp3) is 0.0370. The van der Waals surface area contributed by atoms with Crippen LogP contribution in [0.3, 0.4) is 0 Å². The van der Waals surface area contributed by atoms with Crippen LogP contribution >= 0.6 is 0 Å². The summed E-state index contributed by atoms with van der Waals surface area (Å²) in [6, 6.07) is 23.5. The van der Waals surface area contributed by atoms with Crippen LogP contribution in [0.25, 0.3) is 28.6 Å². The Morgan fingerprint density at radius 3 is 2.52 bits per heavy atom. The van der Waals surface area contributed by atoms with Crippen molar-refractivity contribution in [3.8, 4) is 0 Å². The van der Waals surface area contributed by atoms with Gasteiger partial charge in [0, 0.05) is 22.7 Å². The number of rotatable bonds is 4. The number of pyridine rings is 2. The van der Waals surface area contributed by atoms with Crippen molar-refractivity contribution < 1.29 is 9.18 Å². The maximum Gasteiger partial charge on any atom is 0.210 e. The molecule has 0 radical (unpaired) electrons. The summed E-state index contributed by atoms with van der Waals surface area (Å²) in [4.78, 5) is 17.9. The quantitative estimate of drug-likeness (QED) is 0.327. The Morgan fingerprint density at radius 2 is 1.68 bits per heavy atom. The van der Waals surface area contributed by atoms with E-state index in [1.165, 1.54) is 24.3 Å². The zero-order valence-electron chi connectivity index (χ0n) is 16.9. The predicted octanol–water partition coefficient (Wildman–Crippen LogP) is 6.34. The van der Waals surface area contributed by atoms with Crippen molar-refractivity contribution >= 4 is 34.4 Å². The summed E-state index contributed by atoms with van der Waals surface area (Å²) in [6.07, 6.45) is 5.85. The van der Waals surface area contributed by atoms with Gasteiger partial charge >= 0.3 is 0 Å². The Labute approximate surface area is 179 Å². The zero-order chi connectivity index (χ0) is 21.4. The summed E-state index contributed by atoms with van der Waals surface area (Å²) in [5.41, 5.74) is 5.59. The van der Waals surface area contributed by atoms with Crippen molar-refractivity contribution in [3.63, 3.8) is 0 Å². The van der Waals surface area contributed by atoms with Crippen LogP contribution in [0.4, 0.5) is 4.39 Å². The number of halogens is 1. The second-order valence-electron chi connectivity index (χ2n) is 7.44. The average Bonchev–Trinajstić information content (AvgIpc) is 3.08. The highest BCUT2D eigenvalue weighted by molar-refractivity contribution is 6.10. The molecule has 5 rings (SSSR count). The van der Waals surface area contributed by atoms with E-state index >= 15 is 0 Å². The first-order valence-corrected chi connectivity index (χ1v) is 10.1. The lowest BCUT2D eigenvalue weighted by atomic mass is 10.0. The van der Waals surface area contributed by atoms with E-state index in [-0.39, 0.29) is 11.6 Å². The van der Waals surface area contributed by atoms with Gasteiger partial charge in [-0.2, -0.15) is 0 Å². The largest absolute Gasteiger partial charge is 0.313 e. The fourth-order valence-electron chi connectivity index (χ4n) is 3.93. The summed E-state index contributed by atoms with van der Waals surface area (Å²) in [6.45, 7) is 1.94. The molecule has 2 aromatic carbocycles. The van der Waals surface area contributed by atoms with Crippen molar-refractivity contribution in [2.24, 2.45) is 0 Å². The predicted molar refractivity (Wildman–Crippen MR) is 123 cm³/mol. The number of hydrogen-bond acceptors (Lipinski definition) is 2. The van der Waals surface area contributed by atoms with Crippen molar-refractivity contribution in [1.29, 1.82) is 0 Å². The van der Waals surface area contributed by atoms with Crippen LogP contribution in [0.15, 0.2) is 85.1 Å². The first kappa shape index (κ1) is 18.9. The van der Waals surface area contributed by atoms with Crippen LogP contribution in [0.1, 0.15) is 32.9 Å². The summed E-state index contributed by atoms with van der Waals surface area (Å²) in [5, 5.41) is 1.09. The standard InChI is InChI=1S/C27H19FN2O/c1-18-23(16-15-22-14-11-19-6-2-3-7-24(19)29-22)25-8-4-5-17-30(25)26(18)27(31)20-9-12-21(28)13-10-20/h2-17H,1H3/b16-15+. The number of benzene rings is 2. The molecule has 150 valence electrons.